The number of hydrogen-bond donors (Lipinski definition) is 1. The number of carbonyl (C=O) groups is 2. The van der Waals surface area contributed by atoms with Crippen LogP contribution in [0.1, 0.15) is 17.8 Å². The van der Waals surface area contributed by atoms with Gasteiger partial charge in [0.1, 0.15) is 11.6 Å². The number of rotatable bonds is 8. The molecule has 0 spiro atoms. The van der Waals surface area contributed by atoms with Crippen molar-refractivity contribution in [2.75, 3.05) is 22.5 Å². The van der Waals surface area contributed by atoms with Gasteiger partial charge in [-0.05, 0) is 48.7 Å². The standard InChI is InChI=1S/C24H24FN5O2S/c1-2-13-30-21(15-22(31)26-19-11-9-18(25)10-12-19)27-28-24(30)33-16-23(32)29-14-5-7-17-6-3-4-8-20(17)29/h2-4,6,8-12H,1,5,7,13-16H2,(H,26,31). The fourth-order valence-electron chi connectivity index (χ4n) is 3.75. The molecule has 0 saturated heterocycles. The molecule has 0 radical (unpaired) electrons. The van der Waals surface area contributed by atoms with Crippen LogP contribution in [-0.4, -0.2) is 38.9 Å². The first kappa shape index (κ1) is 22.7. The van der Waals surface area contributed by atoms with Crippen molar-refractivity contribution >= 4 is 35.0 Å². The van der Waals surface area contributed by atoms with E-state index in [1.54, 1.807) is 10.6 Å². The van der Waals surface area contributed by atoms with Gasteiger partial charge in [-0.2, -0.15) is 0 Å². The Labute approximate surface area is 195 Å². The average molecular weight is 466 g/mol. The first-order chi connectivity index (χ1) is 16.0. The molecule has 7 nitrogen and oxygen atoms in total. The Hall–Kier alpha value is -3.46. The number of hydrogen-bond acceptors (Lipinski definition) is 5. The van der Waals surface area contributed by atoms with Crippen LogP contribution in [0, 0.1) is 5.82 Å². The van der Waals surface area contributed by atoms with Crippen molar-refractivity contribution in [3.63, 3.8) is 0 Å². The Balaban J connectivity index is 1.41. The minimum atomic E-state index is -0.372. The maximum absolute atomic E-state index is 13.1. The van der Waals surface area contributed by atoms with E-state index in [0.29, 0.717) is 29.8 Å². The summed E-state index contributed by atoms with van der Waals surface area (Å²) in [6.45, 7) is 4.88. The van der Waals surface area contributed by atoms with Gasteiger partial charge < -0.3 is 14.8 Å². The Morgan fingerprint density at radius 3 is 2.73 bits per heavy atom. The Morgan fingerprint density at radius 1 is 1.15 bits per heavy atom. The van der Waals surface area contributed by atoms with Gasteiger partial charge in [-0.25, -0.2) is 4.39 Å². The number of para-hydroxylation sites is 1. The molecule has 0 saturated carbocycles. The number of nitrogens with one attached hydrogen (secondary N) is 1. The molecule has 1 N–H and O–H groups in total. The fraction of sp³-hybridized carbons (Fsp3) is 0.250. The zero-order valence-corrected chi connectivity index (χ0v) is 18.9. The van der Waals surface area contributed by atoms with Crippen molar-refractivity contribution in [1.82, 2.24) is 14.8 Å². The highest BCUT2D eigenvalue weighted by Gasteiger charge is 2.23. The van der Waals surface area contributed by atoms with Gasteiger partial charge in [-0.15, -0.1) is 16.8 Å². The quantitative estimate of drug-likeness (QED) is 0.404. The van der Waals surface area contributed by atoms with Gasteiger partial charge in [0.2, 0.25) is 11.8 Å². The maximum Gasteiger partial charge on any atom is 0.237 e. The molecule has 0 atom stereocenters. The van der Waals surface area contributed by atoms with Crippen LogP contribution in [0.15, 0.2) is 66.3 Å². The number of nitrogens with zero attached hydrogens (tertiary/aromatic N) is 4. The second-order valence-electron chi connectivity index (χ2n) is 7.60. The number of aryl methyl sites for hydroxylation is 1. The van der Waals surface area contributed by atoms with E-state index < -0.39 is 0 Å². The highest BCUT2D eigenvalue weighted by Crippen LogP contribution is 2.28. The highest BCUT2D eigenvalue weighted by molar-refractivity contribution is 7.99. The number of benzene rings is 2. The summed E-state index contributed by atoms with van der Waals surface area (Å²) < 4.78 is 14.8. The second-order valence-corrected chi connectivity index (χ2v) is 8.54. The molecule has 33 heavy (non-hydrogen) atoms. The Kier molecular flexibility index (Phi) is 7.19. The molecule has 3 aromatic rings. The lowest BCUT2D eigenvalue weighted by Crippen LogP contribution is -2.36. The van der Waals surface area contributed by atoms with Crippen molar-refractivity contribution < 1.29 is 14.0 Å². The SMILES string of the molecule is C=CCn1c(CC(=O)Nc2ccc(F)cc2)nnc1SCC(=O)N1CCCc2ccccc21. The lowest BCUT2D eigenvalue weighted by Gasteiger charge is -2.29. The molecule has 4 rings (SSSR count). The van der Waals surface area contributed by atoms with E-state index in [1.807, 2.05) is 23.1 Å². The van der Waals surface area contributed by atoms with Crippen LogP contribution < -0.4 is 10.2 Å². The normalized spacial score (nSPS) is 12.8. The third-order valence-corrected chi connectivity index (χ3v) is 6.24. The smallest absolute Gasteiger partial charge is 0.237 e. The van der Waals surface area contributed by atoms with Gasteiger partial charge in [0.05, 0.1) is 12.2 Å². The molecule has 2 heterocycles. The van der Waals surface area contributed by atoms with Gasteiger partial charge >= 0.3 is 0 Å². The number of aromatic nitrogens is 3. The number of fused-ring (bicyclic) bond motifs is 1. The number of anilines is 2. The summed E-state index contributed by atoms with van der Waals surface area (Å²) in [4.78, 5) is 27.2. The van der Waals surface area contributed by atoms with E-state index in [1.165, 1.54) is 41.6 Å². The molecule has 2 aromatic carbocycles. The maximum atomic E-state index is 13.1. The van der Waals surface area contributed by atoms with Crippen molar-refractivity contribution in [2.45, 2.75) is 31.0 Å². The largest absolute Gasteiger partial charge is 0.326 e. The van der Waals surface area contributed by atoms with Crippen molar-refractivity contribution in [1.29, 1.82) is 0 Å². The number of carbonyl (C=O) groups excluding carboxylic acids is 2. The van der Waals surface area contributed by atoms with E-state index in [2.05, 4.69) is 28.2 Å². The van der Waals surface area contributed by atoms with Crippen LogP contribution >= 0.6 is 11.8 Å². The molecule has 0 aliphatic carbocycles. The first-order valence-corrected chi connectivity index (χ1v) is 11.6. The number of amides is 2. The highest BCUT2D eigenvalue weighted by atomic mass is 32.2. The topological polar surface area (TPSA) is 80.1 Å². The van der Waals surface area contributed by atoms with Crippen LogP contribution in [0.3, 0.4) is 0 Å². The van der Waals surface area contributed by atoms with E-state index in [0.717, 1.165) is 18.5 Å². The molecule has 1 aliphatic rings. The molecule has 1 aliphatic heterocycles. The number of halogens is 1. The summed E-state index contributed by atoms with van der Waals surface area (Å²) in [6.07, 6.45) is 3.60. The van der Waals surface area contributed by atoms with Gasteiger partial charge in [0, 0.05) is 24.5 Å². The second kappa shape index (κ2) is 10.4. The summed E-state index contributed by atoms with van der Waals surface area (Å²) in [5.41, 5.74) is 2.66. The average Bonchev–Trinajstić information content (AvgIpc) is 3.19. The zero-order valence-electron chi connectivity index (χ0n) is 18.0. The van der Waals surface area contributed by atoms with E-state index >= 15 is 0 Å². The van der Waals surface area contributed by atoms with Crippen molar-refractivity contribution in [2.24, 2.45) is 0 Å². The molecule has 0 unspecified atom stereocenters. The van der Waals surface area contributed by atoms with Crippen LogP contribution in [-0.2, 0) is 29.0 Å². The number of allylic oxidation sites excluding steroid dienone is 1. The minimum absolute atomic E-state index is 0.00772. The Morgan fingerprint density at radius 2 is 1.94 bits per heavy atom. The van der Waals surface area contributed by atoms with E-state index in [-0.39, 0.29) is 29.8 Å². The van der Waals surface area contributed by atoms with Gasteiger partial charge in [0.15, 0.2) is 5.16 Å². The van der Waals surface area contributed by atoms with Gasteiger partial charge in [-0.1, -0.05) is 36.0 Å². The summed E-state index contributed by atoms with van der Waals surface area (Å²) in [5.74, 6) is 0.0225. The molecule has 0 bridgehead atoms. The third kappa shape index (κ3) is 5.48. The van der Waals surface area contributed by atoms with Gasteiger partial charge in [0.25, 0.3) is 0 Å². The first-order valence-electron chi connectivity index (χ1n) is 10.6. The van der Waals surface area contributed by atoms with Crippen molar-refractivity contribution in [3.8, 4) is 0 Å². The Bertz CT molecular complexity index is 1160. The molecule has 9 heteroatoms. The molecule has 2 amide bonds. The van der Waals surface area contributed by atoms with Gasteiger partial charge in [-0.3, -0.25) is 9.59 Å². The van der Waals surface area contributed by atoms with Crippen molar-refractivity contribution in [3.05, 3.63) is 78.4 Å². The van der Waals surface area contributed by atoms with E-state index in [4.69, 9.17) is 0 Å². The lowest BCUT2D eigenvalue weighted by molar-refractivity contribution is -0.116. The fourth-order valence-corrected chi connectivity index (χ4v) is 4.59. The summed E-state index contributed by atoms with van der Waals surface area (Å²) in [5, 5.41) is 11.6. The summed E-state index contributed by atoms with van der Waals surface area (Å²) in [7, 11) is 0. The number of thioether (sulfide) groups is 1. The monoisotopic (exact) mass is 465 g/mol. The molecular weight excluding hydrogens is 441 g/mol. The lowest BCUT2D eigenvalue weighted by atomic mass is 10.0. The van der Waals surface area contributed by atoms with Crippen LogP contribution in [0.2, 0.25) is 0 Å². The van der Waals surface area contributed by atoms with Crippen LogP contribution in [0.25, 0.3) is 0 Å². The summed E-state index contributed by atoms with van der Waals surface area (Å²) in [6, 6.07) is 13.5. The minimum Gasteiger partial charge on any atom is -0.326 e. The third-order valence-electron chi connectivity index (χ3n) is 5.29. The molecule has 1 aromatic heterocycles. The predicted octanol–water partition coefficient (Wildman–Crippen LogP) is 3.86. The molecule has 0 fully saturated rings. The van der Waals surface area contributed by atoms with Crippen LogP contribution in [0.4, 0.5) is 15.8 Å². The van der Waals surface area contributed by atoms with Crippen LogP contribution in [0.5, 0.6) is 0 Å². The van der Waals surface area contributed by atoms with E-state index in [9.17, 15) is 14.0 Å². The zero-order chi connectivity index (χ0) is 23.2. The summed E-state index contributed by atoms with van der Waals surface area (Å²) >= 11 is 1.29. The molecular formula is C24H24FN5O2S. The predicted molar refractivity (Wildman–Crippen MR) is 127 cm³/mol. The molecule has 170 valence electrons.